The predicted molar refractivity (Wildman–Crippen MR) is 134 cm³/mol. The molecule has 0 fully saturated rings. The minimum Gasteiger partial charge on any atom is -0.435 e. The normalized spacial score (nSPS) is 12.5. The number of rotatable bonds is 14. The minimum atomic E-state index is -0.667. The Morgan fingerprint density at radius 2 is 1.80 bits per heavy atom. The molecule has 0 amide bonds. The van der Waals surface area contributed by atoms with Gasteiger partial charge in [-0.25, -0.2) is 9.07 Å². The van der Waals surface area contributed by atoms with Crippen LogP contribution in [0.1, 0.15) is 32.0 Å². The van der Waals surface area contributed by atoms with Crippen LogP contribution in [0, 0.1) is 5.82 Å². The second-order valence-corrected chi connectivity index (χ2v) is 8.63. The molecule has 8 heteroatoms. The van der Waals surface area contributed by atoms with Gasteiger partial charge in [-0.05, 0) is 44.5 Å². The summed E-state index contributed by atoms with van der Waals surface area (Å²) in [7, 11) is 1.65. The lowest BCUT2D eigenvalue weighted by molar-refractivity contribution is -0.0122. The standard InChI is InChI=1S/C27H36FN3O4/c1-5-25-23(18-30(15-16-33-4)17-22(32)19-34-20(2)3)27(35-26-14-10-9-13-24(26)28)31(29-25)21-11-7-6-8-12-21/h6-14,20,22,32H,5,15-19H2,1-4H3/t22-/m1/s1. The highest BCUT2D eigenvalue weighted by Crippen LogP contribution is 2.33. The zero-order valence-electron chi connectivity index (χ0n) is 21.0. The average molecular weight is 486 g/mol. The van der Waals surface area contributed by atoms with E-state index < -0.39 is 11.9 Å². The zero-order valence-corrected chi connectivity index (χ0v) is 21.0. The number of methoxy groups -OCH3 is 1. The van der Waals surface area contributed by atoms with Gasteiger partial charge in [0.2, 0.25) is 5.88 Å². The van der Waals surface area contributed by atoms with Gasteiger partial charge in [0.15, 0.2) is 11.6 Å². The van der Waals surface area contributed by atoms with E-state index in [1.54, 1.807) is 30.0 Å². The summed E-state index contributed by atoms with van der Waals surface area (Å²) in [6.45, 7) is 8.06. The Balaban J connectivity index is 1.98. The fourth-order valence-corrected chi connectivity index (χ4v) is 3.73. The third-order valence-corrected chi connectivity index (χ3v) is 5.48. The Bertz CT molecular complexity index is 1040. The molecule has 1 atom stereocenters. The van der Waals surface area contributed by atoms with Crippen LogP contribution in [0.2, 0.25) is 0 Å². The molecule has 190 valence electrons. The SMILES string of the molecule is CCc1nn(-c2ccccc2)c(Oc2ccccc2F)c1CN(CCOC)C[C@@H](O)COC(C)C. The van der Waals surface area contributed by atoms with Gasteiger partial charge >= 0.3 is 0 Å². The van der Waals surface area contributed by atoms with Gasteiger partial charge in [0, 0.05) is 26.7 Å². The molecule has 0 unspecified atom stereocenters. The molecule has 7 nitrogen and oxygen atoms in total. The van der Waals surface area contributed by atoms with Crippen molar-refractivity contribution < 1.29 is 23.7 Å². The van der Waals surface area contributed by atoms with E-state index >= 15 is 0 Å². The van der Waals surface area contributed by atoms with Crippen LogP contribution < -0.4 is 4.74 Å². The van der Waals surface area contributed by atoms with Crippen LogP contribution in [0.3, 0.4) is 0 Å². The largest absolute Gasteiger partial charge is 0.435 e. The first-order valence-electron chi connectivity index (χ1n) is 12.0. The number of aliphatic hydroxyl groups is 1. The summed E-state index contributed by atoms with van der Waals surface area (Å²) in [5, 5.41) is 15.4. The summed E-state index contributed by atoms with van der Waals surface area (Å²) >= 11 is 0. The lowest BCUT2D eigenvalue weighted by Crippen LogP contribution is -2.37. The van der Waals surface area contributed by atoms with Crippen molar-refractivity contribution in [1.82, 2.24) is 14.7 Å². The maximum atomic E-state index is 14.6. The molecule has 0 aliphatic rings. The van der Waals surface area contributed by atoms with Gasteiger partial charge in [0.25, 0.3) is 0 Å². The lowest BCUT2D eigenvalue weighted by atomic mass is 10.1. The molecule has 0 radical (unpaired) electrons. The van der Waals surface area contributed by atoms with Crippen LogP contribution >= 0.6 is 0 Å². The predicted octanol–water partition coefficient (Wildman–Crippen LogP) is 4.60. The molecule has 1 N–H and O–H groups in total. The van der Waals surface area contributed by atoms with Crippen LogP contribution in [-0.2, 0) is 22.4 Å². The van der Waals surface area contributed by atoms with Crippen LogP contribution in [0.15, 0.2) is 54.6 Å². The first-order chi connectivity index (χ1) is 16.9. The summed E-state index contributed by atoms with van der Waals surface area (Å²) in [6, 6.07) is 16.0. The van der Waals surface area contributed by atoms with E-state index in [1.165, 1.54) is 6.07 Å². The minimum absolute atomic E-state index is 0.0358. The number of hydrogen-bond donors (Lipinski definition) is 1. The molecule has 0 aliphatic carbocycles. The van der Waals surface area contributed by atoms with E-state index in [-0.39, 0.29) is 18.5 Å². The van der Waals surface area contributed by atoms with E-state index in [2.05, 4.69) is 4.90 Å². The highest BCUT2D eigenvalue weighted by atomic mass is 19.1. The first kappa shape index (κ1) is 26.8. The average Bonchev–Trinajstić information content (AvgIpc) is 3.20. The number of halogens is 1. The smallest absolute Gasteiger partial charge is 0.227 e. The molecule has 0 aliphatic heterocycles. The van der Waals surface area contributed by atoms with Crippen LogP contribution in [-0.4, -0.2) is 65.4 Å². The molecule has 3 aromatic rings. The molecule has 0 saturated heterocycles. The molecule has 3 rings (SSSR count). The third kappa shape index (κ3) is 7.60. The van der Waals surface area contributed by atoms with Crippen molar-refractivity contribution in [3.8, 4) is 17.3 Å². The van der Waals surface area contributed by atoms with Crippen LogP contribution in [0.4, 0.5) is 4.39 Å². The van der Waals surface area contributed by atoms with Crippen molar-refractivity contribution in [1.29, 1.82) is 0 Å². The van der Waals surface area contributed by atoms with E-state index in [0.717, 1.165) is 16.9 Å². The van der Waals surface area contributed by atoms with Crippen molar-refractivity contribution in [2.24, 2.45) is 0 Å². The molecule has 0 spiro atoms. The number of hydrogen-bond acceptors (Lipinski definition) is 6. The van der Waals surface area contributed by atoms with E-state index in [9.17, 15) is 9.50 Å². The molecule has 1 heterocycles. The first-order valence-corrected chi connectivity index (χ1v) is 12.0. The Kier molecular flexibility index (Phi) is 10.2. The van der Waals surface area contributed by atoms with Gasteiger partial charge in [-0.15, -0.1) is 0 Å². The zero-order chi connectivity index (χ0) is 25.2. The van der Waals surface area contributed by atoms with Gasteiger partial charge in [0.1, 0.15) is 0 Å². The Morgan fingerprint density at radius 3 is 2.46 bits per heavy atom. The number of nitrogens with zero attached hydrogens (tertiary/aromatic N) is 3. The topological polar surface area (TPSA) is 69.0 Å². The monoisotopic (exact) mass is 485 g/mol. The van der Waals surface area contributed by atoms with Gasteiger partial charge < -0.3 is 19.3 Å². The number of ether oxygens (including phenoxy) is 3. The Morgan fingerprint density at radius 1 is 1.09 bits per heavy atom. The summed E-state index contributed by atoms with van der Waals surface area (Å²) in [4.78, 5) is 2.08. The van der Waals surface area contributed by atoms with Crippen molar-refractivity contribution in [2.45, 2.75) is 45.9 Å². The second-order valence-electron chi connectivity index (χ2n) is 8.63. The van der Waals surface area contributed by atoms with E-state index in [0.29, 0.717) is 38.5 Å². The molecule has 2 aromatic carbocycles. The quantitative estimate of drug-likeness (QED) is 0.360. The highest BCUT2D eigenvalue weighted by Gasteiger charge is 2.24. The van der Waals surface area contributed by atoms with Crippen LogP contribution in [0.5, 0.6) is 11.6 Å². The van der Waals surface area contributed by atoms with Crippen molar-refractivity contribution in [3.05, 3.63) is 71.7 Å². The lowest BCUT2D eigenvalue weighted by Gasteiger charge is -2.25. The van der Waals surface area contributed by atoms with E-state index in [4.69, 9.17) is 19.3 Å². The fourth-order valence-electron chi connectivity index (χ4n) is 3.73. The molecular formula is C27H36FN3O4. The number of aromatic nitrogens is 2. The van der Waals surface area contributed by atoms with Crippen molar-refractivity contribution in [2.75, 3.05) is 33.4 Å². The van der Waals surface area contributed by atoms with Gasteiger partial charge in [-0.2, -0.15) is 5.10 Å². The maximum Gasteiger partial charge on any atom is 0.227 e. The van der Waals surface area contributed by atoms with E-state index in [1.807, 2.05) is 51.1 Å². The molecule has 0 bridgehead atoms. The fraction of sp³-hybridized carbons (Fsp3) is 0.444. The summed E-state index contributed by atoms with van der Waals surface area (Å²) < 4.78 is 33.3. The van der Waals surface area contributed by atoms with Crippen molar-refractivity contribution >= 4 is 0 Å². The number of aliphatic hydroxyl groups excluding tert-OH is 1. The third-order valence-electron chi connectivity index (χ3n) is 5.48. The number of benzene rings is 2. The highest BCUT2D eigenvalue weighted by molar-refractivity contribution is 5.44. The van der Waals surface area contributed by atoms with Gasteiger partial charge in [-0.1, -0.05) is 37.3 Å². The Hall–Kier alpha value is -2.78. The van der Waals surface area contributed by atoms with Gasteiger partial charge in [0.05, 0.1) is 42.4 Å². The summed E-state index contributed by atoms with van der Waals surface area (Å²) in [6.07, 6.45) is 0.0352. The number of para-hydroxylation sites is 2. The van der Waals surface area contributed by atoms with Gasteiger partial charge in [-0.3, -0.25) is 4.90 Å². The number of aryl methyl sites for hydroxylation is 1. The summed E-state index contributed by atoms with van der Waals surface area (Å²) in [5.41, 5.74) is 2.50. The molecule has 0 saturated carbocycles. The molecule has 35 heavy (non-hydrogen) atoms. The Labute approximate surface area is 207 Å². The van der Waals surface area contributed by atoms with Crippen molar-refractivity contribution in [3.63, 3.8) is 0 Å². The summed E-state index contributed by atoms with van der Waals surface area (Å²) in [5.74, 6) is 0.130. The van der Waals surface area contributed by atoms with Crippen LogP contribution in [0.25, 0.3) is 5.69 Å². The second kappa shape index (κ2) is 13.3. The molecule has 1 aromatic heterocycles. The maximum absolute atomic E-state index is 14.6. The molecular weight excluding hydrogens is 449 g/mol.